The molecule has 132 valence electrons. The second-order valence-corrected chi connectivity index (χ2v) is 7.70. The summed E-state index contributed by atoms with van der Waals surface area (Å²) < 4.78 is 5.19. The van der Waals surface area contributed by atoms with Crippen LogP contribution in [0, 0.1) is 11.8 Å². The van der Waals surface area contributed by atoms with E-state index >= 15 is 0 Å². The van der Waals surface area contributed by atoms with E-state index in [4.69, 9.17) is 4.52 Å². The molecule has 1 saturated carbocycles. The van der Waals surface area contributed by atoms with E-state index in [2.05, 4.69) is 29.3 Å². The molecule has 7 nitrogen and oxygen atoms in total. The lowest BCUT2D eigenvalue weighted by Crippen LogP contribution is -2.49. The lowest BCUT2D eigenvalue weighted by Gasteiger charge is -2.27. The number of carbonyl (C=O) groups excluding carboxylic acids is 2. The molecule has 0 spiro atoms. The number of imide groups is 1. The van der Waals surface area contributed by atoms with Crippen molar-refractivity contribution in [3.05, 3.63) is 11.7 Å². The molecule has 3 amide bonds. The van der Waals surface area contributed by atoms with E-state index in [1.807, 2.05) is 13.8 Å². The van der Waals surface area contributed by atoms with Gasteiger partial charge in [-0.25, -0.2) is 4.79 Å². The SMILES string of the molecule is CC(C)CCC1(C2CC2)NC(=O)N(Cc2nc(C(C)C)no2)C1=O. The minimum atomic E-state index is -0.734. The highest BCUT2D eigenvalue weighted by Crippen LogP contribution is 2.46. The summed E-state index contributed by atoms with van der Waals surface area (Å²) in [6.07, 6.45) is 3.60. The molecule has 1 atom stereocenters. The van der Waals surface area contributed by atoms with Crippen LogP contribution in [0.4, 0.5) is 4.79 Å². The predicted molar refractivity (Wildman–Crippen MR) is 87.0 cm³/mol. The summed E-state index contributed by atoms with van der Waals surface area (Å²) in [5.41, 5.74) is -0.734. The number of carbonyl (C=O) groups is 2. The van der Waals surface area contributed by atoms with Gasteiger partial charge in [-0.1, -0.05) is 32.9 Å². The van der Waals surface area contributed by atoms with Crippen molar-refractivity contribution in [1.29, 1.82) is 0 Å². The number of hydrogen-bond acceptors (Lipinski definition) is 5. The van der Waals surface area contributed by atoms with Crippen molar-refractivity contribution < 1.29 is 14.1 Å². The van der Waals surface area contributed by atoms with E-state index in [9.17, 15) is 9.59 Å². The topological polar surface area (TPSA) is 88.3 Å². The highest BCUT2D eigenvalue weighted by Gasteiger charge is 2.58. The lowest BCUT2D eigenvalue weighted by atomic mass is 9.85. The average Bonchev–Trinajstić information content (AvgIpc) is 3.21. The zero-order valence-corrected chi connectivity index (χ0v) is 14.8. The zero-order valence-electron chi connectivity index (χ0n) is 14.8. The van der Waals surface area contributed by atoms with Crippen LogP contribution in [0.2, 0.25) is 0 Å². The minimum absolute atomic E-state index is 0.0422. The van der Waals surface area contributed by atoms with Crippen molar-refractivity contribution in [3.63, 3.8) is 0 Å². The summed E-state index contributed by atoms with van der Waals surface area (Å²) in [6, 6.07) is -0.347. The molecule has 3 rings (SSSR count). The fourth-order valence-corrected chi connectivity index (χ4v) is 3.23. The van der Waals surface area contributed by atoms with Crippen LogP contribution in [-0.4, -0.2) is 32.5 Å². The van der Waals surface area contributed by atoms with Gasteiger partial charge < -0.3 is 9.84 Å². The number of amides is 3. The highest BCUT2D eigenvalue weighted by atomic mass is 16.5. The van der Waals surface area contributed by atoms with Crippen molar-refractivity contribution >= 4 is 11.9 Å². The Morgan fingerprint density at radius 1 is 1.29 bits per heavy atom. The fourth-order valence-electron chi connectivity index (χ4n) is 3.23. The van der Waals surface area contributed by atoms with E-state index in [1.165, 1.54) is 4.90 Å². The molecule has 1 saturated heterocycles. The number of nitrogens with zero attached hydrogens (tertiary/aromatic N) is 3. The van der Waals surface area contributed by atoms with Crippen LogP contribution >= 0.6 is 0 Å². The second kappa shape index (κ2) is 6.18. The maximum atomic E-state index is 13.0. The first-order valence-corrected chi connectivity index (χ1v) is 8.80. The third-order valence-electron chi connectivity index (χ3n) is 4.89. The maximum Gasteiger partial charge on any atom is 0.325 e. The van der Waals surface area contributed by atoms with Crippen LogP contribution < -0.4 is 5.32 Å². The van der Waals surface area contributed by atoms with Crippen molar-refractivity contribution in [2.45, 2.75) is 71.4 Å². The highest BCUT2D eigenvalue weighted by molar-refractivity contribution is 6.07. The van der Waals surface area contributed by atoms with Gasteiger partial charge in [0.1, 0.15) is 12.1 Å². The van der Waals surface area contributed by atoms with Crippen molar-refractivity contribution in [3.8, 4) is 0 Å². The van der Waals surface area contributed by atoms with Gasteiger partial charge in [0, 0.05) is 5.92 Å². The fraction of sp³-hybridized carbons (Fsp3) is 0.765. The third kappa shape index (κ3) is 3.03. The summed E-state index contributed by atoms with van der Waals surface area (Å²) in [4.78, 5) is 31.0. The van der Waals surface area contributed by atoms with Crippen molar-refractivity contribution in [2.24, 2.45) is 11.8 Å². The summed E-state index contributed by atoms with van der Waals surface area (Å²) in [5, 5.41) is 6.88. The van der Waals surface area contributed by atoms with Crippen LogP contribution in [0.1, 0.15) is 71.0 Å². The molecule has 1 N–H and O–H groups in total. The average molecular weight is 334 g/mol. The van der Waals surface area contributed by atoms with Crippen LogP contribution in [0.25, 0.3) is 0 Å². The maximum absolute atomic E-state index is 13.0. The van der Waals surface area contributed by atoms with Gasteiger partial charge in [-0.15, -0.1) is 0 Å². The summed E-state index contributed by atoms with van der Waals surface area (Å²) in [6.45, 7) is 8.23. The first-order valence-electron chi connectivity index (χ1n) is 8.80. The van der Waals surface area contributed by atoms with Gasteiger partial charge in [-0.2, -0.15) is 4.98 Å². The van der Waals surface area contributed by atoms with Crippen LogP contribution in [0.15, 0.2) is 4.52 Å². The molecule has 1 aliphatic carbocycles. The number of rotatable bonds is 7. The predicted octanol–water partition coefficient (Wildman–Crippen LogP) is 2.83. The van der Waals surface area contributed by atoms with Crippen LogP contribution in [0.3, 0.4) is 0 Å². The van der Waals surface area contributed by atoms with Gasteiger partial charge in [-0.3, -0.25) is 9.69 Å². The molecular formula is C17H26N4O3. The molecule has 2 fully saturated rings. The van der Waals surface area contributed by atoms with E-state index in [1.54, 1.807) is 0 Å². The molecule has 2 aliphatic rings. The van der Waals surface area contributed by atoms with E-state index in [0.717, 1.165) is 19.3 Å². The molecule has 1 aromatic rings. The van der Waals surface area contributed by atoms with E-state index in [0.29, 0.717) is 24.1 Å². The van der Waals surface area contributed by atoms with Gasteiger partial charge in [0.05, 0.1) is 0 Å². The van der Waals surface area contributed by atoms with Gasteiger partial charge in [0.15, 0.2) is 5.82 Å². The molecular weight excluding hydrogens is 308 g/mol. The summed E-state index contributed by atoms with van der Waals surface area (Å²) >= 11 is 0. The minimum Gasteiger partial charge on any atom is -0.337 e. The molecule has 1 unspecified atom stereocenters. The Labute approximate surface area is 142 Å². The Hall–Kier alpha value is -1.92. The van der Waals surface area contributed by atoms with E-state index in [-0.39, 0.29) is 30.3 Å². The van der Waals surface area contributed by atoms with Crippen molar-refractivity contribution in [1.82, 2.24) is 20.4 Å². The van der Waals surface area contributed by atoms with Gasteiger partial charge >= 0.3 is 6.03 Å². The Morgan fingerprint density at radius 2 is 2.00 bits per heavy atom. The third-order valence-corrected chi connectivity index (χ3v) is 4.89. The van der Waals surface area contributed by atoms with E-state index < -0.39 is 5.54 Å². The normalized spacial score (nSPS) is 24.3. The van der Waals surface area contributed by atoms with Crippen LogP contribution in [-0.2, 0) is 11.3 Å². The molecule has 7 heteroatoms. The standard InChI is InChI=1S/C17H26N4O3/c1-10(2)7-8-17(12-5-6-12)15(22)21(16(23)19-17)9-13-18-14(11(3)4)20-24-13/h10-12H,5-9H2,1-4H3,(H,19,23). The Kier molecular flexibility index (Phi) is 4.36. The molecule has 2 heterocycles. The van der Waals surface area contributed by atoms with Gasteiger partial charge in [0.2, 0.25) is 5.89 Å². The Morgan fingerprint density at radius 3 is 2.54 bits per heavy atom. The number of hydrogen-bond donors (Lipinski definition) is 1. The van der Waals surface area contributed by atoms with Crippen LogP contribution in [0.5, 0.6) is 0 Å². The second-order valence-electron chi connectivity index (χ2n) is 7.70. The molecule has 0 bridgehead atoms. The Balaban J connectivity index is 1.76. The first kappa shape index (κ1) is 16.9. The quantitative estimate of drug-likeness (QED) is 0.775. The summed E-state index contributed by atoms with van der Waals surface area (Å²) in [7, 11) is 0. The molecule has 0 aromatic carbocycles. The van der Waals surface area contributed by atoms with Gasteiger partial charge in [-0.05, 0) is 37.5 Å². The zero-order chi connectivity index (χ0) is 17.5. The molecule has 1 aromatic heterocycles. The number of nitrogens with one attached hydrogen (secondary N) is 1. The monoisotopic (exact) mass is 334 g/mol. The van der Waals surface area contributed by atoms with Crippen molar-refractivity contribution in [2.75, 3.05) is 0 Å². The number of urea groups is 1. The Bertz CT molecular complexity index is 636. The largest absolute Gasteiger partial charge is 0.337 e. The smallest absolute Gasteiger partial charge is 0.325 e. The summed E-state index contributed by atoms with van der Waals surface area (Å²) in [5.74, 6) is 1.64. The molecule has 1 aliphatic heterocycles. The first-order chi connectivity index (χ1) is 11.3. The molecule has 0 radical (unpaired) electrons. The number of aromatic nitrogens is 2. The lowest BCUT2D eigenvalue weighted by molar-refractivity contribution is -0.133. The van der Waals surface area contributed by atoms with Gasteiger partial charge in [0.25, 0.3) is 5.91 Å². The molecule has 24 heavy (non-hydrogen) atoms.